The molecular weight excluding hydrogens is 260 g/mol. The number of anilines is 1. The van der Waals surface area contributed by atoms with E-state index in [1.807, 2.05) is 18.2 Å². The lowest BCUT2D eigenvalue weighted by Crippen LogP contribution is -2.35. The molecule has 0 radical (unpaired) electrons. The van der Waals surface area contributed by atoms with Crippen LogP contribution in [0.5, 0.6) is 5.75 Å². The average molecular weight is 276 g/mol. The Balaban J connectivity index is 1.66. The number of amides is 2. The summed E-state index contributed by atoms with van der Waals surface area (Å²) in [4.78, 5) is 24.2. The van der Waals surface area contributed by atoms with Crippen LogP contribution in [0.4, 0.5) is 10.5 Å². The number of carbonyl (C=O) groups is 2. The van der Waals surface area contributed by atoms with Gasteiger partial charge in [-0.15, -0.1) is 0 Å². The van der Waals surface area contributed by atoms with E-state index in [4.69, 9.17) is 9.47 Å². The number of ether oxygens (including phenoxy) is 2. The topological polar surface area (TPSA) is 67.9 Å². The van der Waals surface area contributed by atoms with Crippen molar-refractivity contribution in [1.29, 1.82) is 0 Å². The summed E-state index contributed by atoms with van der Waals surface area (Å²) in [5.74, 6) is 0.282. The molecule has 0 aliphatic carbocycles. The number of nitrogens with one attached hydrogen (secondary N) is 1. The van der Waals surface area contributed by atoms with Crippen molar-refractivity contribution < 1.29 is 19.1 Å². The van der Waals surface area contributed by atoms with Crippen LogP contribution in [0.2, 0.25) is 0 Å². The molecule has 1 aromatic rings. The molecule has 0 spiro atoms. The number of para-hydroxylation sites is 1. The van der Waals surface area contributed by atoms with E-state index in [1.165, 1.54) is 5.56 Å². The van der Waals surface area contributed by atoms with Crippen molar-refractivity contribution in [2.24, 2.45) is 0 Å². The molecule has 2 heterocycles. The molecule has 0 bridgehead atoms. The number of hydrogen-bond donors (Lipinski definition) is 1. The highest BCUT2D eigenvalue weighted by Crippen LogP contribution is 2.31. The Kier molecular flexibility index (Phi) is 3.45. The molecule has 1 saturated heterocycles. The molecule has 1 fully saturated rings. The first-order valence-corrected chi connectivity index (χ1v) is 6.71. The van der Waals surface area contributed by atoms with Gasteiger partial charge in [-0.05, 0) is 24.5 Å². The summed E-state index contributed by atoms with van der Waals surface area (Å²) in [6.07, 6.45) is 1.51. The number of hydrogen-bond acceptors (Lipinski definition) is 5. The van der Waals surface area contributed by atoms with E-state index in [0.29, 0.717) is 12.3 Å². The van der Waals surface area contributed by atoms with Crippen LogP contribution in [-0.4, -0.2) is 43.2 Å². The fraction of sp³-hybridized carbons (Fsp3) is 0.429. The maximum Gasteiger partial charge on any atom is 0.416 e. The first kappa shape index (κ1) is 12.8. The molecule has 20 heavy (non-hydrogen) atoms. The van der Waals surface area contributed by atoms with Gasteiger partial charge in [0.2, 0.25) is 0 Å². The normalized spacial score (nSPS) is 17.2. The largest absolute Gasteiger partial charge is 0.482 e. The molecule has 0 unspecified atom stereocenters. The van der Waals surface area contributed by atoms with Gasteiger partial charge in [-0.2, -0.15) is 0 Å². The van der Waals surface area contributed by atoms with Gasteiger partial charge in [-0.25, -0.2) is 9.69 Å². The van der Waals surface area contributed by atoms with Gasteiger partial charge >= 0.3 is 6.09 Å². The van der Waals surface area contributed by atoms with E-state index in [2.05, 4.69) is 5.32 Å². The summed E-state index contributed by atoms with van der Waals surface area (Å²) in [6.45, 7) is 1.30. The number of rotatable bonds is 3. The van der Waals surface area contributed by atoms with Gasteiger partial charge in [0, 0.05) is 6.54 Å². The van der Waals surface area contributed by atoms with Crippen molar-refractivity contribution in [2.75, 3.05) is 31.6 Å². The van der Waals surface area contributed by atoms with E-state index < -0.39 is 6.09 Å². The minimum Gasteiger partial charge on any atom is -0.482 e. The number of cyclic esters (lactones) is 1. The Labute approximate surface area is 116 Å². The summed E-state index contributed by atoms with van der Waals surface area (Å²) in [5.41, 5.74) is 2.15. The third-order valence-corrected chi connectivity index (χ3v) is 3.45. The Bertz CT molecular complexity index is 544. The summed E-state index contributed by atoms with van der Waals surface area (Å²) >= 11 is 0. The predicted molar refractivity (Wildman–Crippen MR) is 71.8 cm³/mol. The van der Waals surface area contributed by atoms with Crippen LogP contribution < -0.4 is 10.1 Å². The lowest BCUT2D eigenvalue weighted by atomic mass is 10.0. The maximum atomic E-state index is 11.9. The second-order valence-electron chi connectivity index (χ2n) is 4.77. The molecule has 0 atom stereocenters. The average Bonchev–Trinajstić information content (AvgIpc) is 2.91. The monoisotopic (exact) mass is 276 g/mol. The van der Waals surface area contributed by atoms with Gasteiger partial charge in [-0.1, -0.05) is 12.1 Å². The second-order valence-corrected chi connectivity index (χ2v) is 4.77. The SMILES string of the molecule is O=C(COc1cccc2c1NCCC2)N1CCOC1=O. The molecule has 2 aliphatic heterocycles. The Morgan fingerprint density at radius 3 is 3.15 bits per heavy atom. The third-order valence-electron chi connectivity index (χ3n) is 3.45. The van der Waals surface area contributed by atoms with Gasteiger partial charge in [0.1, 0.15) is 12.4 Å². The molecule has 0 saturated carbocycles. The molecule has 6 heteroatoms. The predicted octanol–water partition coefficient (Wildman–Crippen LogP) is 1.40. The first-order valence-electron chi connectivity index (χ1n) is 6.71. The summed E-state index contributed by atoms with van der Waals surface area (Å²) in [5, 5.41) is 3.29. The minimum atomic E-state index is -0.591. The number of nitrogens with zero attached hydrogens (tertiary/aromatic N) is 1. The van der Waals surface area contributed by atoms with Crippen molar-refractivity contribution in [3.8, 4) is 5.75 Å². The van der Waals surface area contributed by atoms with Gasteiger partial charge < -0.3 is 14.8 Å². The number of aryl methyl sites for hydroxylation is 1. The van der Waals surface area contributed by atoms with Crippen LogP contribution in [0, 0.1) is 0 Å². The number of imide groups is 1. The van der Waals surface area contributed by atoms with E-state index in [-0.39, 0.29) is 19.1 Å². The Morgan fingerprint density at radius 1 is 1.45 bits per heavy atom. The van der Waals surface area contributed by atoms with E-state index in [1.54, 1.807) is 0 Å². The van der Waals surface area contributed by atoms with Gasteiger partial charge in [0.05, 0.1) is 12.2 Å². The Hall–Kier alpha value is -2.24. The number of benzene rings is 1. The standard InChI is InChI=1S/C14H16N2O4/c17-12(16-7-8-19-14(16)18)9-20-11-5-1-3-10-4-2-6-15-13(10)11/h1,3,5,15H,2,4,6-9H2. The Morgan fingerprint density at radius 2 is 2.35 bits per heavy atom. The van der Waals surface area contributed by atoms with Crippen LogP contribution in [0.15, 0.2) is 18.2 Å². The van der Waals surface area contributed by atoms with Crippen LogP contribution >= 0.6 is 0 Å². The minimum absolute atomic E-state index is 0.159. The maximum absolute atomic E-state index is 11.9. The zero-order chi connectivity index (χ0) is 13.9. The molecular formula is C14H16N2O4. The fourth-order valence-corrected chi connectivity index (χ4v) is 2.44. The third kappa shape index (κ3) is 2.41. The van der Waals surface area contributed by atoms with Crippen LogP contribution in [0.25, 0.3) is 0 Å². The summed E-state index contributed by atoms with van der Waals surface area (Å²) in [7, 11) is 0. The molecule has 1 N–H and O–H groups in total. The zero-order valence-electron chi connectivity index (χ0n) is 11.1. The van der Waals surface area contributed by atoms with E-state index >= 15 is 0 Å². The molecule has 6 nitrogen and oxygen atoms in total. The quantitative estimate of drug-likeness (QED) is 0.904. The molecule has 2 amide bonds. The lowest BCUT2D eigenvalue weighted by Gasteiger charge is -2.21. The zero-order valence-corrected chi connectivity index (χ0v) is 11.1. The molecule has 2 aliphatic rings. The van der Waals surface area contributed by atoms with Crippen molar-refractivity contribution in [3.05, 3.63) is 23.8 Å². The molecule has 106 valence electrons. The van der Waals surface area contributed by atoms with Gasteiger partial charge in [-0.3, -0.25) is 4.79 Å². The number of carbonyl (C=O) groups excluding carboxylic acids is 2. The highest BCUT2D eigenvalue weighted by atomic mass is 16.6. The second kappa shape index (κ2) is 5.40. The first-order chi connectivity index (χ1) is 9.75. The van der Waals surface area contributed by atoms with Crippen LogP contribution in [-0.2, 0) is 16.0 Å². The molecule has 0 aromatic heterocycles. The smallest absolute Gasteiger partial charge is 0.416 e. The number of fused-ring (bicyclic) bond motifs is 1. The van der Waals surface area contributed by atoms with Crippen LogP contribution in [0.1, 0.15) is 12.0 Å². The van der Waals surface area contributed by atoms with E-state index in [9.17, 15) is 9.59 Å². The van der Waals surface area contributed by atoms with Gasteiger partial charge in [0.15, 0.2) is 6.61 Å². The fourth-order valence-electron chi connectivity index (χ4n) is 2.44. The van der Waals surface area contributed by atoms with Crippen molar-refractivity contribution in [2.45, 2.75) is 12.8 Å². The van der Waals surface area contributed by atoms with Crippen molar-refractivity contribution in [1.82, 2.24) is 4.90 Å². The van der Waals surface area contributed by atoms with Crippen molar-refractivity contribution in [3.63, 3.8) is 0 Å². The summed E-state index contributed by atoms with van der Waals surface area (Å²) in [6, 6.07) is 5.79. The molecule has 1 aromatic carbocycles. The highest BCUT2D eigenvalue weighted by Gasteiger charge is 2.28. The summed E-state index contributed by atoms with van der Waals surface area (Å²) < 4.78 is 10.3. The van der Waals surface area contributed by atoms with Gasteiger partial charge in [0.25, 0.3) is 5.91 Å². The highest BCUT2D eigenvalue weighted by molar-refractivity contribution is 5.93. The lowest BCUT2D eigenvalue weighted by molar-refractivity contribution is -0.129. The van der Waals surface area contributed by atoms with E-state index in [0.717, 1.165) is 30.0 Å². The molecule has 3 rings (SSSR count). The van der Waals surface area contributed by atoms with Crippen LogP contribution in [0.3, 0.4) is 0 Å². The van der Waals surface area contributed by atoms with Crippen molar-refractivity contribution >= 4 is 17.7 Å².